The molecule has 0 radical (unpaired) electrons. The third kappa shape index (κ3) is 3.20. The molecule has 0 aliphatic carbocycles. The van der Waals surface area contributed by atoms with E-state index in [0.29, 0.717) is 0 Å². The molecule has 98 valence electrons. The van der Waals surface area contributed by atoms with Crippen molar-refractivity contribution in [1.29, 1.82) is 0 Å². The van der Waals surface area contributed by atoms with Crippen LogP contribution in [0.1, 0.15) is 5.56 Å². The van der Waals surface area contributed by atoms with Crippen molar-refractivity contribution in [2.24, 2.45) is 0 Å². The Morgan fingerprint density at radius 2 is 1.95 bits per heavy atom. The molecule has 0 aromatic heterocycles. The monoisotopic (exact) mass is 281 g/mol. The lowest BCUT2D eigenvalue weighted by molar-refractivity contribution is -0.385. The van der Waals surface area contributed by atoms with Crippen LogP contribution in [0.15, 0.2) is 42.5 Å². The summed E-state index contributed by atoms with van der Waals surface area (Å²) in [6.07, 6.45) is 0. The molecule has 0 bridgehead atoms. The Bertz CT molecular complexity index is 581. The van der Waals surface area contributed by atoms with E-state index in [1.807, 2.05) is 30.3 Å². The second-order valence-electron chi connectivity index (χ2n) is 3.77. The average molecular weight is 282 g/mol. The molecule has 0 aliphatic heterocycles. The fraction of sp³-hybridized carbons (Fsp3) is 0.0769. The molecule has 19 heavy (non-hydrogen) atoms. The lowest BCUT2D eigenvalue weighted by Gasteiger charge is -2.09. The van der Waals surface area contributed by atoms with Crippen LogP contribution in [0.5, 0.6) is 5.75 Å². The number of hydrogen-bond acceptors (Lipinski definition) is 3. The van der Waals surface area contributed by atoms with Gasteiger partial charge in [0.2, 0.25) is 0 Å². The summed E-state index contributed by atoms with van der Waals surface area (Å²) in [5, 5.41) is 10.4. The molecular weight excluding hydrogens is 273 g/mol. The molecule has 0 amide bonds. The molecule has 0 N–H and O–H groups in total. The molecule has 0 heterocycles. The first kappa shape index (κ1) is 13.3. The van der Waals surface area contributed by atoms with E-state index < -0.39 is 16.4 Å². The minimum Gasteiger partial charge on any atom is -0.484 e. The van der Waals surface area contributed by atoms with E-state index in [1.165, 1.54) is 0 Å². The lowest BCUT2D eigenvalue weighted by Crippen LogP contribution is -1.99. The minimum atomic E-state index is -0.852. The molecule has 0 aliphatic rings. The van der Waals surface area contributed by atoms with Gasteiger partial charge in [-0.25, -0.2) is 4.39 Å². The predicted octanol–water partition coefficient (Wildman–Crippen LogP) is 3.97. The second-order valence-corrected chi connectivity index (χ2v) is 4.18. The van der Waals surface area contributed by atoms with Crippen LogP contribution in [0, 0.1) is 15.9 Å². The van der Waals surface area contributed by atoms with Crippen LogP contribution in [-0.4, -0.2) is 4.92 Å². The molecule has 2 aromatic carbocycles. The summed E-state index contributed by atoms with van der Waals surface area (Å²) in [5.74, 6) is -1.04. The van der Waals surface area contributed by atoms with Gasteiger partial charge in [0.15, 0.2) is 11.6 Å². The Morgan fingerprint density at radius 3 is 2.53 bits per heavy atom. The van der Waals surface area contributed by atoms with E-state index >= 15 is 0 Å². The van der Waals surface area contributed by atoms with Crippen LogP contribution in [0.4, 0.5) is 10.1 Å². The number of hydrogen-bond donors (Lipinski definition) is 0. The molecule has 0 unspecified atom stereocenters. The van der Waals surface area contributed by atoms with Gasteiger partial charge in [0.05, 0.1) is 16.0 Å². The summed E-state index contributed by atoms with van der Waals surface area (Å²) in [6, 6.07) is 11.0. The van der Waals surface area contributed by atoms with Crippen LogP contribution in [0.25, 0.3) is 0 Å². The Labute approximate surface area is 113 Å². The van der Waals surface area contributed by atoms with Crippen molar-refractivity contribution in [3.63, 3.8) is 0 Å². The van der Waals surface area contributed by atoms with Crippen molar-refractivity contribution in [1.82, 2.24) is 0 Å². The van der Waals surface area contributed by atoms with Crippen LogP contribution < -0.4 is 4.74 Å². The number of ether oxygens (including phenoxy) is 1. The normalized spacial score (nSPS) is 10.2. The molecule has 0 spiro atoms. The van der Waals surface area contributed by atoms with Crippen molar-refractivity contribution < 1.29 is 14.1 Å². The van der Waals surface area contributed by atoms with E-state index in [0.717, 1.165) is 17.7 Å². The molecule has 2 rings (SSSR count). The highest BCUT2D eigenvalue weighted by molar-refractivity contribution is 6.32. The Morgan fingerprint density at radius 1 is 1.26 bits per heavy atom. The van der Waals surface area contributed by atoms with Crippen molar-refractivity contribution in [2.45, 2.75) is 6.61 Å². The maximum absolute atomic E-state index is 13.7. The molecule has 6 heteroatoms. The van der Waals surface area contributed by atoms with Crippen molar-refractivity contribution in [3.05, 3.63) is 69.0 Å². The minimum absolute atomic E-state index is 0.123. The molecule has 4 nitrogen and oxygen atoms in total. The van der Waals surface area contributed by atoms with E-state index in [2.05, 4.69) is 0 Å². The van der Waals surface area contributed by atoms with Gasteiger partial charge in [-0.15, -0.1) is 0 Å². The van der Waals surface area contributed by atoms with Gasteiger partial charge in [0.25, 0.3) is 5.69 Å². The predicted molar refractivity (Wildman–Crippen MR) is 68.8 cm³/mol. The number of nitrogens with zero attached hydrogens (tertiary/aromatic N) is 1. The topological polar surface area (TPSA) is 52.4 Å². The lowest BCUT2D eigenvalue weighted by atomic mass is 10.2. The summed E-state index contributed by atoms with van der Waals surface area (Å²) in [7, 11) is 0. The van der Waals surface area contributed by atoms with Gasteiger partial charge < -0.3 is 4.74 Å². The first-order chi connectivity index (χ1) is 9.08. The first-order valence-corrected chi connectivity index (χ1v) is 5.76. The van der Waals surface area contributed by atoms with Gasteiger partial charge in [0, 0.05) is 6.07 Å². The molecular formula is C13H9ClFNO3. The largest absolute Gasteiger partial charge is 0.484 e. The average Bonchev–Trinajstić information content (AvgIpc) is 2.38. The summed E-state index contributed by atoms with van der Waals surface area (Å²) >= 11 is 5.78. The fourth-order valence-electron chi connectivity index (χ4n) is 1.52. The van der Waals surface area contributed by atoms with Gasteiger partial charge in [-0.2, -0.15) is 0 Å². The zero-order chi connectivity index (χ0) is 13.8. The van der Waals surface area contributed by atoms with Crippen LogP contribution >= 0.6 is 11.6 Å². The van der Waals surface area contributed by atoms with Gasteiger partial charge in [-0.05, 0) is 5.56 Å². The maximum Gasteiger partial charge on any atom is 0.274 e. The number of nitro groups is 1. The summed E-state index contributed by atoms with van der Waals surface area (Å²) in [5.41, 5.74) is 0.436. The summed E-state index contributed by atoms with van der Waals surface area (Å²) in [4.78, 5) is 9.82. The standard InChI is InChI=1S/C13H9ClFNO3/c14-11-6-10(16(17)18)7-12(15)13(11)19-8-9-4-2-1-3-5-9/h1-7H,8H2. The fourth-order valence-corrected chi connectivity index (χ4v) is 1.78. The Hall–Kier alpha value is -2.14. The number of benzene rings is 2. The van der Waals surface area contributed by atoms with Crippen molar-refractivity contribution >= 4 is 17.3 Å². The molecule has 2 aromatic rings. The maximum atomic E-state index is 13.7. The highest BCUT2D eigenvalue weighted by Gasteiger charge is 2.16. The highest BCUT2D eigenvalue weighted by atomic mass is 35.5. The van der Waals surface area contributed by atoms with Gasteiger partial charge in [-0.1, -0.05) is 41.9 Å². The highest BCUT2D eigenvalue weighted by Crippen LogP contribution is 2.32. The Balaban J connectivity index is 2.19. The number of non-ortho nitro benzene ring substituents is 1. The molecule has 0 atom stereocenters. The van der Waals surface area contributed by atoms with Gasteiger partial charge in [0.1, 0.15) is 6.61 Å². The van der Waals surface area contributed by atoms with E-state index in [1.54, 1.807) is 0 Å². The molecule has 0 fully saturated rings. The zero-order valence-corrected chi connectivity index (χ0v) is 10.4. The van der Waals surface area contributed by atoms with Crippen LogP contribution in [0.3, 0.4) is 0 Å². The Kier molecular flexibility index (Phi) is 3.97. The summed E-state index contributed by atoms with van der Waals surface area (Å²) in [6.45, 7) is 0.134. The second kappa shape index (κ2) is 5.67. The van der Waals surface area contributed by atoms with Gasteiger partial charge in [-0.3, -0.25) is 10.1 Å². The molecule has 0 saturated heterocycles. The van der Waals surface area contributed by atoms with E-state index in [-0.39, 0.29) is 17.4 Å². The van der Waals surface area contributed by atoms with Gasteiger partial charge >= 0.3 is 0 Å². The smallest absolute Gasteiger partial charge is 0.274 e. The third-order valence-corrected chi connectivity index (χ3v) is 2.70. The molecule has 0 saturated carbocycles. The quantitative estimate of drug-likeness (QED) is 0.629. The first-order valence-electron chi connectivity index (χ1n) is 5.38. The third-order valence-electron chi connectivity index (χ3n) is 2.42. The van der Waals surface area contributed by atoms with Crippen molar-refractivity contribution in [3.8, 4) is 5.75 Å². The number of nitro benzene ring substituents is 1. The number of rotatable bonds is 4. The summed E-state index contributed by atoms with van der Waals surface area (Å²) < 4.78 is 18.9. The number of halogens is 2. The van der Waals surface area contributed by atoms with E-state index in [4.69, 9.17) is 16.3 Å². The van der Waals surface area contributed by atoms with Crippen LogP contribution in [-0.2, 0) is 6.61 Å². The van der Waals surface area contributed by atoms with Crippen LogP contribution in [0.2, 0.25) is 5.02 Å². The van der Waals surface area contributed by atoms with E-state index in [9.17, 15) is 14.5 Å². The SMILES string of the molecule is O=[N+]([O-])c1cc(F)c(OCc2ccccc2)c(Cl)c1. The zero-order valence-electron chi connectivity index (χ0n) is 9.68. The van der Waals surface area contributed by atoms with Crippen molar-refractivity contribution in [2.75, 3.05) is 0 Å².